The predicted octanol–water partition coefficient (Wildman–Crippen LogP) is 5.92. The summed E-state index contributed by atoms with van der Waals surface area (Å²) in [5.74, 6) is -0.782. The lowest BCUT2D eigenvalue weighted by Crippen LogP contribution is -2.34. The molecule has 10 heteroatoms. The summed E-state index contributed by atoms with van der Waals surface area (Å²) in [6.07, 6.45) is 5.40. The normalized spacial score (nSPS) is 14.4. The van der Waals surface area contributed by atoms with Crippen LogP contribution < -0.4 is 15.6 Å². The number of aliphatic hydroxyl groups excluding tert-OH is 1. The minimum atomic E-state index is -1.12. The molecule has 0 saturated heterocycles. The first kappa shape index (κ1) is 28.8. The number of para-hydroxylation sites is 1. The van der Waals surface area contributed by atoms with Gasteiger partial charge in [-0.05, 0) is 63.4 Å². The zero-order valence-electron chi connectivity index (χ0n) is 23.7. The molecule has 2 aromatic carbocycles. The fourth-order valence-corrected chi connectivity index (χ4v) is 4.97. The molecule has 0 saturated carbocycles. The summed E-state index contributed by atoms with van der Waals surface area (Å²) in [4.78, 5) is 31.3. The van der Waals surface area contributed by atoms with E-state index in [1.807, 2.05) is 13.0 Å². The zero-order chi connectivity index (χ0) is 30.0. The smallest absolute Gasteiger partial charge is 0.284 e. The van der Waals surface area contributed by atoms with Crippen molar-refractivity contribution in [1.29, 1.82) is 0 Å². The van der Waals surface area contributed by atoms with Crippen LogP contribution in [0.4, 0.5) is 10.1 Å². The van der Waals surface area contributed by atoms with E-state index in [1.165, 1.54) is 23.0 Å². The van der Waals surface area contributed by atoms with Gasteiger partial charge in [-0.3, -0.25) is 19.3 Å². The van der Waals surface area contributed by atoms with Crippen molar-refractivity contribution in [2.75, 3.05) is 5.32 Å². The summed E-state index contributed by atoms with van der Waals surface area (Å²) in [7, 11) is 0. The number of benzene rings is 2. The van der Waals surface area contributed by atoms with Gasteiger partial charge in [-0.25, -0.2) is 9.07 Å². The Labute approximate surface area is 242 Å². The van der Waals surface area contributed by atoms with Crippen molar-refractivity contribution in [3.63, 3.8) is 0 Å². The number of aromatic nitrogens is 3. The van der Waals surface area contributed by atoms with Gasteiger partial charge in [0.2, 0.25) is 0 Å². The van der Waals surface area contributed by atoms with Crippen molar-refractivity contribution >= 4 is 17.7 Å². The number of anilines is 1. The van der Waals surface area contributed by atoms with Crippen molar-refractivity contribution < 1.29 is 24.1 Å². The van der Waals surface area contributed by atoms with Gasteiger partial charge >= 0.3 is 0 Å². The molecular formula is C32H33FN4O5. The molecule has 42 heavy (non-hydrogen) atoms. The summed E-state index contributed by atoms with van der Waals surface area (Å²) in [6.45, 7) is 5.24. The highest BCUT2D eigenvalue weighted by Crippen LogP contribution is 2.33. The van der Waals surface area contributed by atoms with Crippen LogP contribution in [0.2, 0.25) is 0 Å². The Balaban J connectivity index is 1.43. The minimum absolute atomic E-state index is 0.0468. The van der Waals surface area contributed by atoms with Gasteiger partial charge in [-0.2, -0.15) is 0 Å². The van der Waals surface area contributed by atoms with E-state index in [1.54, 1.807) is 54.9 Å². The molecule has 1 aliphatic rings. The average molecular weight is 573 g/mol. The molecule has 3 N–H and O–H groups in total. The molecule has 1 unspecified atom stereocenters. The summed E-state index contributed by atoms with van der Waals surface area (Å²) < 4.78 is 24.1. The summed E-state index contributed by atoms with van der Waals surface area (Å²) >= 11 is 0. The lowest BCUT2D eigenvalue weighted by atomic mass is 10.0. The Morgan fingerprint density at radius 1 is 1.14 bits per heavy atom. The number of carbonyl (C=O) groups is 1. The van der Waals surface area contributed by atoms with Crippen LogP contribution in [0.25, 0.3) is 11.8 Å². The molecule has 2 aromatic heterocycles. The van der Waals surface area contributed by atoms with Gasteiger partial charge in [0.25, 0.3) is 11.5 Å². The number of carbonyl (C=O) groups excluding carboxylic acids is 1. The molecule has 5 rings (SSSR count). The van der Waals surface area contributed by atoms with Gasteiger partial charge in [-0.15, -0.1) is 0 Å². The van der Waals surface area contributed by atoms with Crippen LogP contribution in [0.5, 0.6) is 11.5 Å². The van der Waals surface area contributed by atoms with Crippen LogP contribution in [-0.2, 0) is 13.0 Å². The zero-order valence-corrected chi connectivity index (χ0v) is 23.7. The number of hydrogen-bond donors (Lipinski definition) is 3. The van der Waals surface area contributed by atoms with E-state index in [0.29, 0.717) is 48.5 Å². The summed E-state index contributed by atoms with van der Waals surface area (Å²) in [5.41, 5.74) is 0.626. The van der Waals surface area contributed by atoms with Gasteiger partial charge in [0.05, 0.1) is 35.0 Å². The number of pyridine rings is 1. The standard InChI is InChI=1S/C32H33FN4O5/c1-4-32(3,41)19-36-20(2)29(31(40)37(36)22-9-6-5-7-10-22)30(39)35-21-13-14-28(25(33)17-21)42-27-15-16-34-26-18-23(38)11-8-12-24(26)27/h5-7,9-10,13-18,38,41H,4,8,11-12,19H2,1-3H3,(H,35,39). The van der Waals surface area contributed by atoms with Gasteiger partial charge in [-0.1, -0.05) is 25.1 Å². The van der Waals surface area contributed by atoms with Crippen molar-refractivity contribution in [3.8, 4) is 17.2 Å². The van der Waals surface area contributed by atoms with Gasteiger partial charge in [0, 0.05) is 36.0 Å². The maximum Gasteiger partial charge on any atom is 0.284 e. The number of allylic oxidation sites excluding steroid dienone is 1. The van der Waals surface area contributed by atoms with Crippen LogP contribution in [0.1, 0.15) is 60.4 Å². The van der Waals surface area contributed by atoms with Crippen LogP contribution >= 0.6 is 0 Å². The van der Waals surface area contributed by atoms with Crippen molar-refractivity contribution in [1.82, 2.24) is 14.3 Å². The van der Waals surface area contributed by atoms with E-state index in [-0.39, 0.29) is 29.3 Å². The maximum atomic E-state index is 15.2. The van der Waals surface area contributed by atoms with Crippen LogP contribution in [0.3, 0.4) is 0 Å². The van der Waals surface area contributed by atoms with E-state index in [2.05, 4.69) is 10.3 Å². The molecule has 218 valence electrons. The summed E-state index contributed by atoms with van der Waals surface area (Å²) in [6, 6.07) is 14.5. The highest BCUT2D eigenvalue weighted by atomic mass is 19.1. The maximum absolute atomic E-state index is 15.2. The second kappa shape index (κ2) is 11.7. The Kier molecular flexibility index (Phi) is 8.00. The van der Waals surface area contributed by atoms with E-state index >= 15 is 4.39 Å². The molecule has 1 amide bonds. The van der Waals surface area contributed by atoms with E-state index in [9.17, 15) is 19.8 Å². The fourth-order valence-electron chi connectivity index (χ4n) is 4.97. The van der Waals surface area contributed by atoms with Gasteiger partial charge in [0.1, 0.15) is 11.3 Å². The van der Waals surface area contributed by atoms with Crippen LogP contribution in [0.15, 0.2) is 71.3 Å². The van der Waals surface area contributed by atoms with E-state index in [0.717, 1.165) is 11.6 Å². The minimum Gasteiger partial charge on any atom is -0.512 e. The molecule has 0 bridgehead atoms. The first-order valence-corrected chi connectivity index (χ1v) is 13.8. The lowest BCUT2D eigenvalue weighted by molar-refractivity contribution is 0.0317. The Bertz CT molecular complexity index is 1720. The fraction of sp³-hybridized carbons (Fsp3) is 0.281. The molecule has 0 aliphatic heterocycles. The Morgan fingerprint density at radius 3 is 2.62 bits per heavy atom. The molecular weight excluding hydrogens is 539 g/mol. The molecule has 0 fully saturated rings. The lowest BCUT2D eigenvalue weighted by Gasteiger charge is -2.25. The van der Waals surface area contributed by atoms with E-state index in [4.69, 9.17) is 4.74 Å². The largest absolute Gasteiger partial charge is 0.512 e. The number of rotatable bonds is 8. The molecule has 2 heterocycles. The first-order chi connectivity index (χ1) is 20.1. The van der Waals surface area contributed by atoms with Crippen LogP contribution in [-0.4, -0.2) is 36.1 Å². The van der Waals surface area contributed by atoms with Gasteiger partial charge < -0.3 is 20.3 Å². The third-order valence-electron chi connectivity index (χ3n) is 7.50. The predicted molar refractivity (Wildman–Crippen MR) is 158 cm³/mol. The quantitative estimate of drug-likeness (QED) is 0.241. The second-order valence-corrected chi connectivity index (χ2v) is 10.7. The molecule has 0 spiro atoms. The van der Waals surface area contributed by atoms with Crippen molar-refractivity contribution in [2.24, 2.45) is 0 Å². The third-order valence-corrected chi connectivity index (χ3v) is 7.50. The molecule has 1 atom stereocenters. The number of halogens is 1. The highest BCUT2D eigenvalue weighted by Gasteiger charge is 2.28. The highest BCUT2D eigenvalue weighted by molar-refractivity contribution is 6.05. The second-order valence-electron chi connectivity index (χ2n) is 10.7. The number of nitrogens with zero attached hydrogens (tertiary/aromatic N) is 3. The molecule has 4 aromatic rings. The number of hydrogen-bond acceptors (Lipinski definition) is 6. The summed E-state index contributed by atoms with van der Waals surface area (Å²) in [5, 5.41) is 23.4. The topological polar surface area (TPSA) is 119 Å². The third kappa shape index (κ3) is 5.84. The number of amides is 1. The average Bonchev–Trinajstić information content (AvgIpc) is 3.07. The molecule has 1 aliphatic carbocycles. The van der Waals surface area contributed by atoms with Crippen LogP contribution in [0, 0.1) is 12.7 Å². The Hall–Kier alpha value is -4.70. The Morgan fingerprint density at radius 2 is 1.90 bits per heavy atom. The number of fused-ring (bicyclic) bond motifs is 1. The van der Waals surface area contributed by atoms with Gasteiger partial charge in [0.15, 0.2) is 11.6 Å². The monoisotopic (exact) mass is 572 g/mol. The van der Waals surface area contributed by atoms with E-state index < -0.39 is 22.9 Å². The first-order valence-electron chi connectivity index (χ1n) is 13.8. The SMILES string of the molecule is CCC(C)(O)Cn1c(C)c(C(=O)Nc2ccc(Oc3ccnc4c3CCCC(O)=C4)c(F)c2)c(=O)n1-c1ccccc1. The number of aliphatic hydroxyl groups is 2. The molecule has 0 radical (unpaired) electrons. The number of ether oxygens (including phenoxy) is 1. The van der Waals surface area contributed by atoms with Crippen molar-refractivity contribution in [3.05, 3.63) is 105 Å². The number of nitrogens with one attached hydrogen (secondary N) is 1. The van der Waals surface area contributed by atoms with Crippen molar-refractivity contribution in [2.45, 2.75) is 58.6 Å². The molecule has 9 nitrogen and oxygen atoms in total.